The lowest BCUT2D eigenvalue weighted by Crippen LogP contribution is -2.27. The van der Waals surface area contributed by atoms with Crippen LogP contribution < -0.4 is 5.06 Å². The predicted molar refractivity (Wildman–Crippen MR) is 77.4 cm³/mol. The first-order valence-electron chi connectivity index (χ1n) is 7.07. The standard InChI is InChI=1S/C17H15NO3/c19-17-15-14(11-20-17)21-18(13-9-5-2-6-10-13)16(15)12-7-3-1-4-8-12/h1-10,14-16H,11H2/t14-,15+,16-/m1/s1. The molecule has 2 aromatic rings. The summed E-state index contributed by atoms with van der Waals surface area (Å²) >= 11 is 0. The molecule has 0 saturated carbocycles. The van der Waals surface area contributed by atoms with Crippen LogP contribution in [0.3, 0.4) is 0 Å². The number of hydrogen-bond donors (Lipinski definition) is 0. The third kappa shape index (κ3) is 1.99. The Morgan fingerprint density at radius 1 is 0.952 bits per heavy atom. The van der Waals surface area contributed by atoms with Crippen molar-refractivity contribution in [3.63, 3.8) is 0 Å². The van der Waals surface area contributed by atoms with E-state index in [1.54, 1.807) is 0 Å². The molecule has 4 heteroatoms. The molecule has 2 saturated heterocycles. The first kappa shape index (κ1) is 12.4. The number of ether oxygens (including phenoxy) is 1. The number of benzene rings is 2. The summed E-state index contributed by atoms with van der Waals surface area (Å²) in [7, 11) is 0. The van der Waals surface area contributed by atoms with Crippen molar-refractivity contribution >= 4 is 11.7 Å². The van der Waals surface area contributed by atoms with Crippen molar-refractivity contribution < 1.29 is 14.4 Å². The monoisotopic (exact) mass is 281 g/mol. The van der Waals surface area contributed by atoms with Crippen molar-refractivity contribution in [2.24, 2.45) is 5.92 Å². The third-order valence-electron chi connectivity index (χ3n) is 4.06. The van der Waals surface area contributed by atoms with Crippen LogP contribution in [0.15, 0.2) is 60.7 Å². The number of para-hydroxylation sites is 1. The van der Waals surface area contributed by atoms with Crippen molar-refractivity contribution in [3.8, 4) is 0 Å². The lowest BCUT2D eigenvalue weighted by Gasteiger charge is -2.27. The lowest BCUT2D eigenvalue weighted by atomic mass is 9.91. The number of anilines is 1. The highest BCUT2D eigenvalue weighted by Crippen LogP contribution is 2.45. The Bertz CT molecular complexity index is 644. The number of hydroxylamine groups is 1. The highest BCUT2D eigenvalue weighted by molar-refractivity contribution is 5.78. The van der Waals surface area contributed by atoms with Crippen LogP contribution in [-0.4, -0.2) is 18.7 Å². The normalized spacial score (nSPS) is 27.5. The summed E-state index contributed by atoms with van der Waals surface area (Å²) in [6.07, 6.45) is -0.206. The summed E-state index contributed by atoms with van der Waals surface area (Å²) in [6.45, 7) is 0.330. The molecule has 2 aliphatic rings. The van der Waals surface area contributed by atoms with Gasteiger partial charge in [-0.3, -0.25) is 9.63 Å². The fourth-order valence-corrected chi connectivity index (χ4v) is 3.09. The summed E-state index contributed by atoms with van der Waals surface area (Å²) in [5.41, 5.74) is 2.02. The zero-order valence-corrected chi connectivity index (χ0v) is 11.4. The van der Waals surface area contributed by atoms with Gasteiger partial charge in [-0.1, -0.05) is 48.5 Å². The largest absolute Gasteiger partial charge is 0.462 e. The van der Waals surface area contributed by atoms with Crippen LogP contribution in [0.4, 0.5) is 5.69 Å². The molecule has 2 fully saturated rings. The van der Waals surface area contributed by atoms with E-state index in [4.69, 9.17) is 9.57 Å². The molecule has 21 heavy (non-hydrogen) atoms. The fourth-order valence-electron chi connectivity index (χ4n) is 3.09. The Morgan fingerprint density at radius 2 is 1.62 bits per heavy atom. The summed E-state index contributed by atoms with van der Waals surface area (Å²) < 4.78 is 5.17. The van der Waals surface area contributed by atoms with Crippen molar-refractivity contribution in [1.82, 2.24) is 0 Å². The molecule has 0 unspecified atom stereocenters. The zero-order valence-electron chi connectivity index (χ0n) is 11.4. The third-order valence-corrected chi connectivity index (χ3v) is 4.06. The molecule has 0 N–H and O–H groups in total. The number of fused-ring (bicyclic) bond motifs is 1. The Labute approximate surface area is 122 Å². The molecule has 0 spiro atoms. The lowest BCUT2D eigenvalue weighted by molar-refractivity contribution is -0.141. The first-order chi connectivity index (χ1) is 10.3. The molecule has 4 rings (SSSR count). The minimum Gasteiger partial charge on any atom is -0.462 e. The summed E-state index contributed by atoms with van der Waals surface area (Å²) in [5, 5.41) is 1.85. The van der Waals surface area contributed by atoms with E-state index >= 15 is 0 Å². The second-order valence-electron chi connectivity index (χ2n) is 5.32. The molecule has 0 aliphatic carbocycles. The molecule has 0 amide bonds. The topological polar surface area (TPSA) is 38.8 Å². The zero-order chi connectivity index (χ0) is 14.2. The van der Waals surface area contributed by atoms with Gasteiger partial charge in [-0.15, -0.1) is 0 Å². The molecule has 106 valence electrons. The van der Waals surface area contributed by atoms with Crippen molar-refractivity contribution in [2.45, 2.75) is 12.1 Å². The van der Waals surface area contributed by atoms with E-state index in [1.165, 1.54) is 0 Å². The van der Waals surface area contributed by atoms with Gasteiger partial charge in [0.2, 0.25) is 0 Å². The van der Waals surface area contributed by atoms with Crippen LogP contribution in [0.1, 0.15) is 11.6 Å². The maximum Gasteiger partial charge on any atom is 0.314 e. The van der Waals surface area contributed by atoms with Gasteiger partial charge < -0.3 is 4.74 Å². The minimum absolute atomic E-state index is 0.145. The van der Waals surface area contributed by atoms with Crippen LogP contribution in [0.2, 0.25) is 0 Å². The van der Waals surface area contributed by atoms with Crippen LogP contribution in [0.5, 0.6) is 0 Å². The van der Waals surface area contributed by atoms with E-state index in [2.05, 4.69) is 0 Å². The maximum atomic E-state index is 12.1. The van der Waals surface area contributed by atoms with E-state index in [1.807, 2.05) is 65.7 Å². The number of hydrogen-bond acceptors (Lipinski definition) is 4. The van der Waals surface area contributed by atoms with Gasteiger partial charge in [0, 0.05) is 0 Å². The molecule has 2 heterocycles. The summed E-state index contributed by atoms with van der Waals surface area (Å²) in [6, 6.07) is 19.7. The second kappa shape index (κ2) is 4.90. The molecule has 0 aromatic heterocycles. The van der Waals surface area contributed by atoms with Crippen LogP contribution in [0, 0.1) is 5.92 Å². The van der Waals surface area contributed by atoms with Crippen LogP contribution in [0.25, 0.3) is 0 Å². The molecule has 0 bridgehead atoms. The number of carbonyl (C=O) groups is 1. The van der Waals surface area contributed by atoms with Gasteiger partial charge in [-0.05, 0) is 17.7 Å². The van der Waals surface area contributed by atoms with Gasteiger partial charge in [0.05, 0.1) is 11.7 Å². The molecular weight excluding hydrogens is 266 g/mol. The van der Waals surface area contributed by atoms with E-state index < -0.39 is 0 Å². The van der Waals surface area contributed by atoms with Gasteiger partial charge in [-0.25, -0.2) is 5.06 Å². The number of rotatable bonds is 2. The number of nitrogens with zero attached hydrogens (tertiary/aromatic N) is 1. The van der Waals surface area contributed by atoms with Gasteiger partial charge in [0.15, 0.2) is 0 Å². The average Bonchev–Trinajstić information content (AvgIpc) is 3.09. The first-order valence-corrected chi connectivity index (χ1v) is 7.07. The van der Waals surface area contributed by atoms with Crippen LogP contribution >= 0.6 is 0 Å². The van der Waals surface area contributed by atoms with Crippen LogP contribution in [-0.2, 0) is 14.4 Å². The minimum atomic E-state index is -0.271. The number of esters is 1. The van der Waals surface area contributed by atoms with E-state index in [9.17, 15) is 4.79 Å². The molecule has 3 atom stereocenters. The predicted octanol–water partition coefficient (Wildman–Crippen LogP) is 2.72. The quantitative estimate of drug-likeness (QED) is 0.793. The molecule has 2 aliphatic heterocycles. The highest BCUT2D eigenvalue weighted by Gasteiger charge is 2.53. The molecule has 4 nitrogen and oxygen atoms in total. The smallest absolute Gasteiger partial charge is 0.314 e. The highest BCUT2D eigenvalue weighted by atomic mass is 16.7. The summed E-state index contributed by atoms with van der Waals surface area (Å²) in [4.78, 5) is 18.1. The van der Waals surface area contributed by atoms with Gasteiger partial charge in [-0.2, -0.15) is 0 Å². The maximum absolute atomic E-state index is 12.1. The average molecular weight is 281 g/mol. The second-order valence-corrected chi connectivity index (χ2v) is 5.32. The molecule has 0 radical (unpaired) electrons. The molecular formula is C17H15NO3. The number of cyclic esters (lactones) is 1. The Kier molecular flexibility index (Phi) is 2.89. The van der Waals surface area contributed by atoms with Crippen molar-refractivity contribution in [3.05, 3.63) is 66.2 Å². The van der Waals surface area contributed by atoms with Gasteiger partial charge in [0.25, 0.3) is 0 Å². The van der Waals surface area contributed by atoms with Gasteiger partial charge in [0.1, 0.15) is 18.6 Å². The fraction of sp³-hybridized carbons (Fsp3) is 0.235. The van der Waals surface area contributed by atoms with E-state index in [-0.39, 0.29) is 24.0 Å². The SMILES string of the molecule is O=C1OC[C@H]2ON(c3ccccc3)[C@H](c3ccccc3)[C@@H]12. The van der Waals surface area contributed by atoms with E-state index in [0.29, 0.717) is 6.61 Å². The Balaban J connectivity index is 1.78. The number of carbonyl (C=O) groups excluding carboxylic acids is 1. The van der Waals surface area contributed by atoms with E-state index in [0.717, 1.165) is 11.3 Å². The van der Waals surface area contributed by atoms with Crippen molar-refractivity contribution in [1.29, 1.82) is 0 Å². The Morgan fingerprint density at radius 3 is 2.33 bits per heavy atom. The van der Waals surface area contributed by atoms with Crippen molar-refractivity contribution in [2.75, 3.05) is 11.7 Å². The molecule has 2 aromatic carbocycles. The van der Waals surface area contributed by atoms with Gasteiger partial charge >= 0.3 is 5.97 Å². The summed E-state index contributed by atoms with van der Waals surface area (Å²) in [5.74, 6) is -0.445. The Hall–Kier alpha value is -2.33.